The number of thiophene rings is 1. The standard InChI is InChI=1S/C19H19N3O2S/c23-18(14-9-5-2-6-10-14)20-15-11-12-25-16(15)19-21-17(22-24-19)13-7-3-1-4-8-13/h1,3-4,7-8,11-12,14H,2,5-6,9-10H2,(H,20,23). The number of carbonyl (C=O) groups is 1. The summed E-state index contributed by atoms with van der Waals surface area (Å²) in [5.74, 6) is 1.20. The highest BCUT2D eigenvalue weighted by atomic mass is 32.1. The summed E-state index contributed by atoms with van der Waals surface area (Å²) >= 11 is 1.49. The highest BCUT2D eigenvalue weighted by Crippen LogP contribution is 2.34. The summed E-state index contributed by atoms with van der Waals surface area (Å²) in [7, 11) is 0. The van der Waals surface area contributed by atoms with E-state index in [9.17, 15) is 4.79 Å². The van der Waals surface area contributed by atoms with Crippen molar-refractivity contribution in [2.45, 2.75) is 32.1 Å². The van der Waals surface area contributed by atoms with Crippen LogP contribution in [-0.2, 0) is 4.79 Å². The number of carbonyl (C=O) groups excluding carboxylic acids is 1. The first-order valence-electron chi connectivity index (χ1n) is 8.59. The zero-order valence-corrected chi connectivity index (χ0v) is 14.6. The second kappa shape index (κ2) is 7.19. The van der Waals surface area contributed by atoms with Crippen LogP contribution in [0.4, 0.5) is 5.69 Å². The Balaban J connectivity index is 1.53. The second-order valence-corrected chi connectivity index (χ2v) is 7.19. The molecule has 2 aromatic heterocycles. The van der Waals surface area contributed by atoms with Gasteiger partial charge in [-0.1, -0.05) is 54.8 Å². The molecule has 1 amide bonds. The van der Waals surface area contributed by atoms with Crippen LogP contribution in [0.2, 0.25) is 0 Å². The number of rotatable bonds is 4. The molecule has 5 nitrogen and oxygen atoms in total. The van der Waals surface area contributed by atoms with Gasteiger partial charge in [0.1, 0.15) is 4.88 Å². The number of nitrogens with zero attached hydrogens (tertiary/aromatic N) is 2. The molecule has 1 N–H and O–H groups in total. The van der Waals surface area contributed by atoms with Crippen molar-refractivity contribution in [3.05, 3.63) is 41.8 Å². The first-order valence-corrected chi connectivity index (χ1v) is 9.47. The minimum absolute atomic E-state index is 0.0992. The molecule has 0 spiro atoms. The zero-order chi connectivity index (χ0) is 17.1. The third-order valence-corrected chi connectivity index (χ3v) is 5.45. The topological polar surface area (TPSA) is 68.0 Å². The molecule has 1 aliphatic rings. The quantitative estimate of drug-likeness (QED) is 0.718. The van der Waals surface area contributed by atoms with Crippen LogP contribution in [0.5, 0.6) is 0 Å². The average Bonchev–Trinajstić information content (AvgIpc) is 3.32. The van der Waals surface area contributed by atoms with Crippen LogP contribution in [0.15, 0.2) is 46.3 Å². The number of benzene rings is 1. The van der Waals surface area contributed by atoms with Crippen molar-refractivity contribution in [3.8, 4) is 22.2 Å². The Hall–Kier alpha value is -2.47. The molecule has 3 aromatic rings. The van der Waals surface area contributed by atoms with Crippen molar-refractivity contribution in [2.24, 2.45) is 5.92 Å². The summed E-state index contributed by atoms with van der Waals surface area (Å²) in [5.41, 5.74) is 1.66. The van der Waals surface area contributed by atoms with Crippen LogP contribution in [-0.4, -0.2) is 16.0 Å². The molecule has 0 unspecified atom stereocenters. The van der Waals surface area contributed by atoms with Gasteiger partial charge in [0, 0.05) is 11.5 Å². The molecule has 0 radical (unpaired) electrons. The van der Waals surface area contributed by atoms with E-state index in [0.29, 0.717) is 11.7 Å². The van der Waals surface area contributed by atoms with Gasteiger partial charge in [-0.05, 0) is 24.3 Å². The average molecular weight is 353 g/mol. The van der Waals surface area contributed by atoms with Gasteiger partial charge in [0.25, 0.3) is 5.89 Å². The molecule has 128 valence electrons. The van der Waals surface area contributed by atoms with Gasteiger partial charge in [-0.2, -0.15) is 4.98 Å². The monoisotopic (exact) mass is 353 g/mol. The lowest BCUT2D eigenvalue weighted by atomic mass is 9.88. The predicted octanol–water partition coefficient (Wildman–Crippen LogP) is 4.98. The third-order valence-electron chi connectivity index (χ3n) is 4.55. The lowest BCUT2D eigenvalue weighted by Crippen LogP contribution is -2.24. The SMILES string of the molecule is O=C(Nc1ccsc1-c1nc(-c2ccccc2)no1)C1CCCCC1. The Morgan fingerprint density at radius 3 is 2.72 bits per heavy atom. The molecule has 2 heterocycles. The lowest BCUT2D eigenvalue weighted by molar-refractivity contribution is -0.120. The molecule has 1 aromatic carbocycles. The highest BCUT2D eigenvalue weighted by Gasteiger charge is 2.23. The van der Waals surface area contributed by atoms with Crippen molar-refractivity contribution in [3.63, 3.8) is 0 Å². The van der Waals surface area contributed by atoms with Crippen molar-refractivity contribution in [1.82, 2.24) is 10.1 Å². The van der Waals surface area contributed by atoms with Gasteiger partial charge in [-0.15, -0.1) is 11.3 Å². The van der Waals surface area contributed by atoms with Crippen LogP contribution in [0.1, 0.15) is 32.1 Å². The minimum atomic E-state index is 0.0992. The summed E-state index contributed by atoms with van der Waals surface area (Å²) in [4.78, 5) is 17.8. The van der Waals surface area contributed by atoms with Gasteiger partial charge in [-0.25, -0.2) is 0 Å². The zero-order valence-electron chi connectivity index (χ0n) is 13.8. The maximum atomic E-state index is 12.5. The van der Waals surface area contributed by atoms with E-state index < -0.39 is 0 Å². The number of hydrogen-bond donors (Lipinski definition) is 1. The Morgan fingerprint density at radius 1 is 1.12 bits per heavy atom. The molecule has 1 aliphatic carbocycles. The third kappa shape index (κ3) is 3.49. The molecule has 25 heavy (non-hydrogen) atoms. The molecule has 0 aliphatic heterocycles. The minimum Gasteiger partial charge on any atom is -0.333 e. The largest absolute Gasteiger partial charge is 0.333 e. The molecular formula is C19H19N3O2S. The van der Waals surface area contributed by atoms with Crippen LogP contribution in [0.3, 0.4) is 0 Å². The Morgan fingerprint density at radius 2 is 1.92 bits per heavy atom. The Labute approximate surface area is 150 Å². The van der Waals surface area contributed by atoms with E-state index in [4.69, 9.17) is 4.52 Å². The maximum absolute atomic E-state index is 12.5. The molecule has 0 atom stereocenters. The fourth-order valence-corrected chi connectivity index (χ4v) is 3.96. The summed E-state index contributed by atoms with van der Waals surface area (Å²) < 4.78 is 5.43. The van der Waals surface area contributed by atoms with Crippen LogP contribution < -0.4 is 5.32 Å². The lowest BCUT2D eigenvalue weighted by Gasteiger charge is -2.20. The van der Waals surface area contributed by atoms with Gasteiger partial charge in [-0.3, -0.25) is 4.79 Å². The number of amides is 1. The van der Waals surface area contributed by atoms with Crippen molar-refractivity contribution < 1.29 is 9.32 Å². The molecule has 0 saturated heterocycles. The van der Waals surface area contributed by atoms with E-state index in [0.717, 1.165) is 41.8 Å². The number of hydrogen-bond acceptors (Lipinski definition) is 5. The van der Waals surface area contributed by atoms with Crippen LogP contribution in [0.25, 0.3) is 22.2 Å². The van der Waals surface area contributed by atoms with E-state index in [-0.39, 0.29) is 11.8 Å². The van der Waals surface area contributed by atoms with Crippen LogP contribution >= 0.6 is 11.3 Å². The smallest absolute Gasteiger partial charge is 0.270 e. The van der Waals surface area contributed by atoms with E-state index in [1.807, 2.05) is 41.8 Å². The van der Waals surface area contributed by atoms with Crippen molar-refractivity contribution in [1.29, 1.82) is 0 Å². The van der Waals surface area contributed by atoms with E-state index in [1.165, 1.54) is 17.8 Å². The Kier molecular flexibility index (Phi) is 4.61. The molecule has 1 fully saturated rings. The summed E-state index contributed by atoms with van der Waals surface area (Å²) in [6.07, 6.45) is 5.46. The molecule has 1 saturated carbocycles. The van der Waals surface area contributed by atoms with E-state index >= 15 is 0 Å². The predicted molar refractivity (Wildman–Crippen MR) is 98.3 cm³/mol. The van der Waals surface area contributed by atoms with E-state index in [2.05, 4.69) is 15.5 Å². The maximum Gasteiger partial charge on any atom is 0.270 e. The fraction of sp³-hybridized carbons (Fsp3) is 0.316. The van der Waals surface area contributed by atoms with E-state index in [1.54, 1.807) is 0 Å². The molecular weight excluding hydrogens is 334 g/mol. The second-order valence-electron chi connectivity index (χ2n) is 6.28. The molecule has 4 rings (SSSR count). The summed E-state index contributed by atoms with van der Waals surface area (Å²) in [6, 6.07) is 11.6. The van der Waals surface area contributed by atoms with Gasteiger partial charge < -0.3 is 9.84 Å². The van der Waals surface area contributed by atoms with Crippen molar-refractivity contribution >= 4 is 22.9 Å². The van der Waals surface area contributed by atoms with Crippen molar-refractivity contribution in [2.75, 3.05) is 5.32 Å². The summed E-state index contributed by atoms with van der Waals surface area (Å²) in [6.45, 7) is 0. The first kappa shape index (κ1) is 16.0. The number of nitrogens with one attached hydrogen (secondary N) is 1. The van der Waals surface area contributed by atoms with Gasteiger partial charge in [0.05, 0.1) is 5.69 Å². The first-order chi connectivity index (χ1) is 12.3. The van der Waals surface area contributed by atoms with Crippen LogP contribution in [0, 0.1) is 5.92 Å². The number of anilines is 1. The highest BCUT2D eigenvalue weighted by molar-refractivity contribution is 7.14. The molecule has 6 heteroatoms. The van der Waals surface area contributed by atoms with Gasteiger partial charge in [0.2, 0.25) is 11.7 Å². The van der Waals surface area contributed by atoms with Gasteiger partial charge >= 0.3 is 0 Å². The normalized spacial score (nSPS) is 15.2. The summed E-state index contributed by atoms with van der Waals surface area (Å²) in [5, 5.41) is 9.04. The Bertz CT molecular complexity index is 850. The molecule has 0 bridgehead atoms. The fourth-order valence-electron chi connectivity index (χ4n) is 3.19. The van der Waals surface area contributed by atoms with Gasteiger partial charge in [0.15, 0.2) is 0 Å². The number of aromatic nitrogens is 2.